The van der Waals surface area contributed by atoms with Crippen molar-refractivity contribution in [2.24, 2.45) is 5.92 Å². The van der Waals surface area contributed by atoms with Crippen molar-refractivity contribution in [1.29, 1.82) is 0 Å². The Balaban J connectivity index is 2.19. The molecule has 1 heterocycles. The molecular formula is C17H26FNO. The van der Waals surface area contributed by atoms with Gasteiger partial charge < -0.3 is 10.1 Å². The van der Waals surface area contributed by atoms with Crippen molar-refractivity contribution >= 4 is 0 Å². The molecule has 20 heavy (non-hydrogen) atoms. The zero-order chi connectivity index (χ0) is 14.5. The second-order valence-corrected chi connectivity index (χ2v) is 5.85. The molecule has 0 aromatic heterocycles. The average molecular weight is 279 g/mol. The molecule has 1 aromatic rings. The number of nitrogens with one attached hydrogen (secondary N) is 1. The molecule has 0 fully saturated rings. The number of hydrogen-bond acceptors (Lipinski definition) is 2. The van der Waals surface area contributed by atoms with E-state index in [1.54, 1.807) is 12.1 Å². The van der Waals surface area contributed by atoms with Gasteiger partial charge in [-0.2, -0.15) is 0 Å². The molecule has 1 N–H and O–H groups in total. The molecular weight excluding hydrogens is 253 g/mol. The van der Waals surface area contributed by atoms with Gasteiger partial charge in [0.2, 0.25) is 0 Å². The minimum atomic E-state index is -0.185. The van der Waals surface area contributed by atoms with Crippen molar-refractivity contribution in [2.45, 2.75) is 58.6 Å². The summed E-state index contributed by atoms with van der Waals surface area (Å²) in [7, 11) is 0. The van der Waals surface area contributed by atoms with Gasteiger partial charge in [-0.15, -0.1) is 0 Å². The largest absolute Gasteiger partial charge is 0.490 e. The molecule has 0 bridgehead atoms. The highest BCUT2D eigenvalue weighted by molar-refractivity contribution is 5.38. The number of rotatable bonds is 6. The predicted octanol–water partition coefficient (Wildman–Crippen LogP) is 4.45. The van der Waals surface area contributed by atoms with Crippen LogP contribution in [-0.4, -0.2) is 12.6 Å². The van der Waals surface area contributed by atoms with Crippen molar-refractivity contribution in [3.05, 3.63) is 29.6 Å². The van der Waals surface area contributed by atoms with Crippen molar-refractivity contribution in [3.63, 3.8) is 0 Å². The fourth-order valence-corrected chi connectivity index (χ4v) is 2.97. The highest BCUT2D eigenvalue weighted by atomic mass is 19.1. The molecule has 1 aliphatic rings. The molecule has 1 aromatic carbocycles. The molecule has 0 aliphatic carbocycles. The molecule has 0 amide bonds. The van der Waals surface area contributed by atoms with Crippen LogP contribution < -0.4 is 10.1 Å². The summed E-state index contributed by atoms with van der Waals surface area (Å²) in [5.74, 6) is 1.19. The fraction of sp³-hybridized carbons (Fsp3) is 0.647. The fourth-order valence-electron chi connectivity index (χ4n) is 2.97. The Morgan fingerprint density at radius 1 is 1.35 bits per heavy atom. The van der Waals surface area contributed by atoms with Gasteiger partial charge in [0.25, 0.3) is 0 Å². The first kappa shape index (κ1) is 15.3. The lowest BCUT2D eigenvalue weighted by atomic mass is 9.88. The lowest BCUT2D eigenvalue weighted by Gasteiger charge is -2.35. The Hall–Kier alpha value is -1.09. The lowest BCUT2D eigenvalue weighted by molar-refractivity contribution is 0.0951. The number of ether oxygens (including phenoxy) is 1. The second-order valence-electron chi connectivity index (χ2n) is 5.85. The Morgan fingerprint density at radius 2 is 2.15 bits per heavy atom. The van der Waals surface area contributed by atoms with Gasteiger partial charge >= 0.3 is 0 Å². The van der Waals surface area contributed by atoms with Crippen LogP contribution in [0.2, 0.25) is 0 Å². The summed E-state index contributed by atoms with van der Waals surface area (Å²) in [6, 6.07) is 5.08. The molecule has 0 radical (unpaired) electrons. The first-order chi connectivity index (χ1) is 9.65. The van der Waals surface area contributed by atoms with Crippen LogP contribution in [0.4, 0.5) is 4.39 Å². The Bertz CT molecular complexity index is 435. The van der Waals surface area contributed by atoms with Crippen molar-refractivity contribution in [2.75, 3.05) is 6.54 Å². The summed E-state index contributed by atoms with van der Waals surface area (Å²) >= 11 is 0. The van der Waals surface area contributed by atoms with E-state index in [1.165, 1.54) is 18.9 Å². The quantitative estimate of drug-likeness (QED) is 0.830. The van der Waals surface area contributed by atoms with Gasteiger partial charge in [-0.1, -0.05) is 27.2 Å². The molecule has 112 valence electrons. The Morgan fingerprint density at radius 3 is 2.85 bits per heavy atom. The monoisotopic (exact) mass is 279 g/mol. The van der Waals surface area contributed by atoms with Crippen molar-refractivity contribution in [1.82, 2.24) is 5.32 Å². The van der Waals surface area contributed by atoms with Gasteiger partial charge in [0, 0.05) is 18.0 Å². The zero-order valence-electron chi connectivity index (χ0n) is 12.8. The van der Waals surface area contributed by atoms with Gasteiger partial charge in [0.15, 0.2) is 0 Å². The minimum Gasteiger partial charge on any atom is -0.490 e. The maximum absolute atomic E-state index is 13.5. The first-order valence-corrected chi connectivity index (χ1v) is 7.85. The van der Waals surface area contributed by atoms with E-state index in [-0.39, 0.29) is 18.0 Å². The second kappa shape index (κ2) is 7.07. The van der Waals surface area contributed by atoms with Crippen LogP contribution in [0.15, 0.2) is 18.2 Å². The topological polar surface area (TPSA) is 21.3 Å². The normalized spacial score (nSPS) is 23.0. The van der Waals surface area contributed by atoms with E-state index in [2.05, 4.69) is 26.1 Å². The van der Waals surface area contributed by atoms with E-state index in [9.17, 15) is 4.39 Å². The summed E-state index contributed by atoms with van der Waals surface area (Å²) in [4.78, 5) is 0. The maximum Gasteiger partial charge on any atom is 0.124 e. The van der Waals surface area contributed by atoms with E-state index >= 15 is 0 Å². The molecule has 0 spiro atoms. The number of halogens is 1. The summed E-state index contributed by atoms with van der Waals surface area (Å²) in [6.07, 6.45) is 4.57. The van der Waals surface area contributed by atoms with E-state index in [1.807, 2.05) is 0 Å². The Labute approximate surface area is 121 Å². The third-order valence-corrected chi connectivity index (χ3v) is 4.11. The lowest BCUT2D eigenvalue weighted by Crippen LogP contribution is -2.36. The van der Waals surface area contributed by atoms with Crippen LogP contribution in [0.1, 0.15) is 58.1 Å². The maximum atomic E-state index is 13.5. The van der Waals surface area contributed by atoms with Crippen molar-refractivity contribution < 1.29 is 9.13 Å². The van der Waals surface area contributed by atoms with Crippen LogP contribution in [0.3, 0.4) is 0 Å². The van der Waals surface area contributed by atoms with Crippen LogP contribution in [-0.2, 0) is 0 Å². The van der Waals surface area contributed by atoms with Gasteiger partial charge in [0.05, 0.1) is 0 Å². The van der Waals surface area contributed by atoms with Gasteiger partial charge in [-0.3, -0.25) is 0 Å². The van der Waals surface area contributed by atoms with Gasteiger partial charge in [-0.25, -0.2) is 4.39 Å². The predicted molar refractivity (Wildman–Crippen MR) is 80.5 cm³/mol. The van der Waals surface area contributed by atoms with Crippen LogP contribution >= 0.6 is 0 Å². The highest BCUT2D eigenvalue weighted by Gasteiger charge is 2.31. The highest BCUT2D eigenvalue weighted by Crippen LogP contribution is 2.38. The summed E-state index contributed by atoms with van der Waals surface area (Å²) in [5, 5.41) is 3.53. The molecule has 0 saturated heterocycles. The average Bonchev–Trinajstić information content (AvgIpc) is 2.45. The third kappa shape index (κ3) is 3.51. The van der Waals surface area contributed by atoms with E-state index in [0.29, 0.717) is 5.92 Å². The zero-order valence-corrected chi connectivity index (χ0v) is 12.8. The van der Waals surface area contributed by atoms with Gasteiger partial charge in [-0.05, 0) is 43.5 Å². The third-order valence-electron chi connectivity index (χ3n) is 4.11. The van der Waals surface area contributed by atoms with E-state index in [4.69, 9.17) is 4.74 Å². The molecule has 3 unspecified atom stereocenters. The SMILES string of the molecule is CCCNC1CC(C(C)CCC)Oc2ccc(F)cc21. The van der Waals surface area contributed by atoms with Crippen LogP contribution in [0.25, 0.3) is 0 Å². The number of benzene rings is 1. The number of hydrogen-bond donors (Lipinski definition) is 1. The summed E-state index contributed by atoms with van der Waals surface area (Å²) in [6.45, 7) is 7.56. The van der Waals surface area contributed by atoms with Crippen molar-refractivity contribution in [3.8, 4) is 5.75 Å². The first-order valence-electron chi connectivity index (χ1n) is 7.85. The van der Waals surface area contributed by atoms with Crippen LogP contribution in [0.5, 0.6) is 5.75 Å². The Kier molecular flexibility index (Phi) is 5.41. The molecule has 2 rings (SSSR count). The summed E-state index contributed by atoms with van der Waals surface area (Å²) in [5.41, 5.74) is 0.971. The standard InChI is InChI=1S/C17H26FNO/c1-4-6-12(3)17-11-15(19-9-5-2)14-10-13(18)7-8-16(14)20-17/h7-8,10,12,15,17,19H,4-6,9,11H2,1-3H3. The van der Waals surface area contributed by atoms with Gasteiger partial charge in [0.1, 0.15) is 17.7 Å². The van der Waals surface area contributed by atoms with Crippen LogP contribution in [0, 0.1) is 11.7 Å². The van der Waals surface area contributed by atoms with E-state index in [0.717, 1.165) is 30.7 Å². The number of fused-ring (bicyclic) bond motifs is 1. The van der Waals surface area contributed by atoms with E-state index < -0.39 is 0 Å². The minimum absolute atomic E-state index is 0.185. The summed E-state index contributed by atoms with van der Waals surface area (Å²) < 4.78 is 19.6. The molecule has 3 heteroatoms. The molecule has 2 nitrogen and oxygen atoms in total. The molecule has 1 aliphatic heterocycles. The molecule has 0 saturated carbocycles. The molecule has 3 atom stereocenters. The smallest absolute Gasteiger partial charge is 0.124 e.